The van der Waals surface area contributed by atoms with Crippen molar-refractivity contribution in [2.45, 2.75) is 25.5 Å². The van der Waals surface area contributed by atoms with Gasteiger partial charge in [-0.3, -0.25) is 4.90 Å². The summed E-state index contributed by atoms with van der Waals surface area (Å²) in [5.41, 5.74) is 0.502. The summed E-state index contributed by atoms with van der Waals surface area (Å²) in [6, 6.07) is 5.54. The predicted octanol–water partition coefficient (Wildman–Crippen LogP) is 2.95. The highest BCUT2D eigenvalue weighted by Gasteiger charge is 2.31. The van der Waals surface area contributed by atoms with Crippen molar-refractivity contribution in [2.75, 3.05) is 13.1 Å². The number of likely N-dealkylation sites (tertiary alicyclic amines) is 1. The molecule has 1 N–H and O–H groups in total. The third-order valence-electron chi connectivity index (χ3n) is 2.94. The van der Waals surface area contributed by atoms with Crippen molar-refractivity contribution in [3.63, 3.8) is 0 Å². The first kappa shape index (κ1) is 12.2. The fourth-order valence-corrected chi connectivity index (χ4v) is 2.53. The fraction of sp³-hybridized carbons (Fsp3) is 0.500. The van der Waals surface area contributed by atoms with Gasteiger partial charge in [-0.25, -0.2) is 0 Å². The minimum atomic E-state index is -0.557. The van der Waals surface area contributed by atoms with E-state index in [1.165, 1.54) is 0 Å². The van der Waals surface area contributed by atoms with Crippen molar-refractivity contribution in [1.82, 2.24) is 4.90 Å². The summed E-state index contributed by atoms with van der Waals surface area (Å²) < 4.78 is 0. The van der Waals surface area contributed by atoms with E-state index in [2.05, 4.69) is 4.90 Å². The molecule has 0 radical (unpaired) electrons. The van der Waals surface area contributed by atoms with Crippen molar-refractivity contribution in [1.29, 1.82) is 0 Å². The zero-order valence-corrected chi connectivity index (χ0v) is 10.7. The summed E-state index contributed by atoms with van der Waals surface area (Å²) in [5, 5.41) is 11.2. The molecule has 4 heteroatoms. The normalized spacial score (nSPS) is 26.2. The summed E-state index contributed by atoms with van der Waals surface area (Å²) in [6.45, 7) is 4.25. The summed E-state index contributed by atoms with van der Waals surface area (Å²) in [7, 11) is 0. The average molecular weight is 260 g/mol. The molecule has 1 heterocycles. The monoisotopic (exact) mass is 259 g/mol. The van der Waals surface area contributed by atoms with E-state index in [9.17, 15) is 5.11 Å². The van der Waals surface area contributed by atoms with Crippen LogP contribution >= 0.6 is 23.2 Å². The molecule has 1 saturated heterocycles. The zero-order valence-electron chi connectivity index (χ0n) is 9.21. The van der Waals surface area contributed by atoms with Crippen LogP contribution in [0.4, 0.5) is 0 Å². The van der Waals surface area contributed by atoms with E-state index in [4.69, 9.17) is 23.2 Å². The molecule has 16 heavy (non-hydrogen) atoms. The largest absolute Gasteiger partial charge is 0.389 e. The van der Waals surface area contributed by atoms with Crippen LogP contribution in [-0.2, 0) is 6.54 Å². The maximum Gasteiger partial charge on any atom is 0.0758 e. The summed E-state index contributed by atoms with van der Waals surface area (Å²) in [5.74, 6) is 0. The molecule has 1 fully saturated rings. The standard InChI is InChI=1S/C12H15Cl2NO/c1-12(16)4-5-15(8-12)7-9-2-3-10(13)6-11(9)14/h2-3,6,16H,4-5,7-8H2,1H3. The molecule has 1 aliphatic heterocycles. The quantitative estimate of drug-likeness (QED) is 0.883. The molecular weight excluding hydrogens is 245 g/mol. The molecular formula is C12H15Cl2NO. The van der Waals surface area contributed by atoms with Gasteiger partial charge in [0, 0.05) is 29.7 Å². The lowest BCUT2D eigenvalue weighted by Gasteiger charge is -2.19. The molecule has 0 aromatic heterocycles. The first-order valence-corrected chi connectivity index (χ1v) is 6.10. The number of benzene rings is 1. The highest BCUT2D eigenvalue weighted by Crippen LogP contribution is 2.26. The summed E-state index contributed by atoms with van der Waals surface area (Å²) >= 11 is 11.9. The number of rotatable bonds is 2. The van der Waals surface area contributed by atoms with Crippen LogP contribution in [-0.4, -0.2) is 28.7 Å². The van der Waals surface area contributed by atoms with Gasteiger partial charge in [-0.05, 0) is 31.0 Å². The van der Waals surface area contributed by atoms with Crippen molar-refractivity contribution < 1.29 is 5.11 Å². The first-order valence-electron chi connectivity index (χ1n) is 5.35. The molecule has 0 aliphatic carbocycles. The number of β-amino-alcohol motifs (C(OH)–C–C–N with tert-alkyl or cyclic N) is 1. The van der Waals surface area contributed by atoms with Gasteiger partial charge in [0.2, 0.25) is 0 Å². The van der Waals surface area contributed by atoms with Gasteiger partial charge in [0.1, 0.15) is 0 Å². The van der Waals surface area contributed by atoms with E-state index >= 15 is 0 Å². The minimum absolute atomic E-state index is 0.557. The number of nitrogens with zero attached hydrogens (tertiary/aromatic N) is 1. The van der Waals surface area contributed by atoms with Crippen molar-refractivity contribution >= 4 is 23.2 Å². The molecule has 1 unspecified atom stereocenters. The summed E-state index contributed by atoms with van der Waals surface area (Å²) in [6.07, 6.45) is 0.818. The van der Waals surface area contributed by atoms with Crippen molar-refractivity contribution in [3.8, 4) is 0 Å². The Hall–Kier alpha value is -0.280. The van der Waals surface area contributed by atoms with Gasteiger partial charge in [-0.1, -0.05) is 29.3 Å². The SMILES string of the molecule is CC1(O)CCN(Cc2ccc(Cl)cc2Cl)C1. The van der Waals surface area contributed by atoms with Crippen LogP contribution in [0.25, 0.3) is 0 Å². The van der Waals surface area contributed by atoms with Crippen LogP contribution in [0.15, 0.2) is 18.2 Å². The molecule has 1 atom stereocenters. The fourth-order valence-electron chi connectivity index (χ4n) is 2.06. The Labute approximate surface area is 106 Å². The first-order chi connectivity index (χ1) is 7.46. The predicted molar refractivity (Wildman–Crippen MR) is 67.0 cm³/mol. The smallest absolute Gasteiger partial charge is 0.0758 e. The lowest BCUT2D eigenvalue weighted by molar-refractivity contribution is 0.0679. The second-order valence-corrected chi connectivity index (χ2v) is 5.54. The third-order valence-corrected chi connectivity index (χ3v) is 3.53. The topological polar surface area (TPSA) is 23.5 Å². The summed E-state index contributed by atoms with van der Waals surface area (Å²) in [4.78, 5) is 2.20. The highest BCUT2D eigenvalue weighted by atomic mass is 35.5. The van der Waals surface area contributed by atoms with E-state index in [0.29, 0.717) is 16.6 Å². The maximum absolute atomic E-state index is 9.86. The van der Waals surface area contributed by atoms with Gasteiger partial charge in [0.15, 0.2) is 0 Å². The number of hydrogen-bond acceptors (Lipinski definition) is 2. The second-order valence-electron chi connectivity index (χ2n) is 4.69. The van der Waals surface area contributed by atoms with Gasteiger partial charge in [-0.2, -0.15) is 0 Å². The van der Waals surface area contributed by atoms with Crippen molar-refractivity contribution in [3.05, 3.63) is 33.8 Å². The Morgan fingerprint density at radius 2 is 2.19 bits per heavy atom. The van der Waals surface area contributed by atoms with Gasteiger partial charge in [0.25, 0.3) is 0 Å². The van der Waals surface area contributed by atoms with Crippen LogP contribution < -0.4 is 0 Å². The van der Waals surface area contributed by atoms with Gasteiger partial charge >= 0.3 is 0 Å². The highest BCUT2D eigenvalue weighted by molar-refractivity contribution is 6.35. The molecule has 0 spiro atoms. The molecule has 1 aromatic rings. The van der Waals surface area contributed by atoms with Crippen LogP contribution in [0.1, 0.15) is 18.9 Å². The molecule has 2 rings (SSSR count). The lowest BCUT2D eigenvalue weighted by Crippen LogP contribution is -2.29. The molecule has 1 aliphatic rings. The van der Waals surface area contributed by atoms with Crippen molar-refractivity contribution in [2.24, 2.45) is 0 Å². The van der Waals surface area contributed by atoms with E-state index in [0.717, 1.165) is 25.1 Å². The van der Waals surface area contributed by atoms with Gasteiger partial charge in [-0.15, -0.1) is 0 Å². The Bertz CT molecular complexity index is 393. The molecule has 0 bridgehead atoms. The lowest BCUT2D eigenvalue weighted by atomic mass is 10.1. The Morgan fingerprint density at radius 3 is 2.75 bits per heavy atom. The Kier molecular flexibility index (Phi) is 3.45. The molecule has 88 valence electrons. The Morgan fingerprint density at radius 1 is 1.44 bits per heavy atom. The molecule has 0 amide bonds. The molecule has 1 aromatic carbocycles. The number of halogens is 2. The van der Waals surface area contributed by atoms with Crippen LogP contribution in [0, 0.1) is 0 Å². The van der Waals surface area contributed by atoms with E-state index in [1.807, 2.05) is 19.1 Å². The van der Waals surface area contributed by atoms with Crippen LogP contribution in [0.3, 0.4) is 0 Å². The molecule has 0 saturated carbocycles. The molecule has 2 nitrogen and oxygen atoms in total. The zero-order chi connectivity index (χ0) is 11.8. The Balaban J connectivity index is 2.05. The third kappa shape index (κ3) is 2.89. The average Bonchev–Trinajstić information content (AvgIpc) is 2.51. The van der Waals surface area contributed by atoms with Crippen LogP contribution in [0.5, 0.6) is 0 Å². The second kappa shape index (κ2) is 4.53. The van der Waals surface area contributed by atoms with E-state index < -0.39 is 5.60 Å². The number of aliphatic hydroxyl groups is 1. The minimum Gasteiger partial charge on any atom is -0.389 e. The van der Waals surface area contributed by atoms with Crippen LogP contribution in [0.2, 0.25) is 10.0 Å². The maximum atomic E-state index is 9.86. The van der Waals surface area contributed by atoms with Gasteiger partial charge < -0.3 is 5.11 Å². The van der Waals surface area contributed by atoms with E-state index in [1.54, 1.807) is 6.07 Å². The van der Waals surface area contributed by atoms with E-state index in [-0.39, 0.29) is 0 Å². The number of hydrogen-bond donors (Lipinski definition) is 1. The van der Waals surface area contributed by atoms with Gasteiger partial charge in [0.05, 0.1) is 5.60 Å².